The number of alkyl halides is 1. The molecule has 1 aromatic heterocycles. The van der Waals surface area contributed by atoms with Gasteiger partial charge in [0.05, 0.1) is 22.1 Å². The lowest BCUT2D eigenvalue weighted by atomic mass is 10.4. The number of rotatable bonds is 3. The zero-order chi connectivity index (χ0) is 10.7. The minimum atomic E-state index is -0.715. The first kappa shape index (κ1) is 11.9. The summed E-state index contributed by atoms with van der Waals surface area (Å²) in [6.07, 6.45) is 0.801. The van der Waals surface area contributed by atoms with Crippen LogP contribution in [0.2, 0.25) is 0 Å². The van der Waals surface area contributed by atoms with Crippen LogP contribution in [0.15, 0.2) is 11.0 Å². The van der Waals surface area contributed by atoms with Gasteiger partial charge in [0.2, 0.25) is 0 Å². The molecule has 14 heavy (non-hydrogen) atoms. The molecule has 1 atom stereocenters. The van der Waals surface area contributed by atoms with Gasteiger partial charge >= 0.3 is 0 Å². The molecular weight excluding hydrogens is 318 g/mol. The van der Waals surface area contributed by atoms with E-state index in [1.54, 1.807) is 6.92 Å². The second-order valence-electron chi connectivity index (χ2n) is 2.88. The van der Waals surface area contributed by atoms with Crippen molar-refractivity contribution in [1.29, 1.82) is 0 Å². The average molecular weight is 329 g/mol. The first-order valence-electron chi connectivity index (χ1n) is 4.02. The maximum Gasteiger partial charge on any atom is 0.267 e. The molecule has 6 heteroatoms. The fourth-order valence-electron chi connectivity index (χ4n) is 1.03. The van der Waals surface area contributed by atoms with Crippen molar-refractivity contribution in [2.45, 2.75) is 19.6 Å². The van der Waals surface area contributed by atoms with Crippen LogP contribution in [-0.4, -0.2) is 26.6 Å². The molecular formula is C8H10ClIN2O2. The molecule has 0 aliphatic rings. The number of aliphatic hydroxyl groups is 1. The zero-order valence-corrected chi connectivity index (χ0v) is 10.5. The van der Waals surface area contributed by atoms with Gasteiger partial charge in [0, 0.05) is 6.20 Å². The summed E-state index contributed by atoms with van der Waals surface area (Å²) in [6.45, 7) is 1.91. The van der Waals surface area contributed by atoms with Crippen LogP contribution in [0.1, 0.15) is 5.82 Å². The highest BCUT2D eigenvalue weighted by Gasteiger charge is 2.09. The molecule has 0 aliphatic heterocycles. The van der Waals surface area contributed by atoms with E-state index in [9.17, 15) is 9.90 Å². The van der Waals surface area contributed by atoms with Gasteiger partial charge in [-0.25, -0.2) is 4.98 Å². The predicted molar refractivity (Wildman–Crippen MR) is 62.7 cm³/mol. The van der Waals surface area contributed by atoms with Crippen LogP contribution in [0.5, 0.6) is 0 Å². The van der Waals surface area contributed by atoms with E-state index in [1.165, 1.54) is 10.8 Å². The molecule has 1 rings (SSSR count). The third-order valence-corrected chi connectivity index (χ3v) is 2.87. The maximum absolute atomic E-state index is 11.6. The van der Waals surface area contributed by atoms with Gasteiger partial charge in [-0.05, 0) is 29.5 Å². The molecule has 0 amide bonds. The highest BCUT2D eigenvalue weighted by molar-refractivity contribution is 14.1. The van der Waals surface area contributed by atoms with Crippen molar-refractivity contribution in [3.8, 4) is 0 Å². The van der Waals surface area contributed by atoms with Crippen molar-refractivity contribution in [2.75, 3.05) is 5.88 Å². The molecule has 0 bridgehead atoms. The Morgan fingerprint density at radius 3 is 3.00 bits per heavy atom. The van der Waals surface area contributed by atoms with Gasteiger partial charge in [0.1, 0.15) is 5.82 Å². The van der Waals surface area contributed by atoms with Crippen LogP contribution in [-0.2, 0) is 6.54 Å². The molecule has 1 aromatic rings. The Hall–Kier alpha value is -0.140. The largest absolute Gasteiger partial charge is 0.390 e. The molecule has 0 aromatic carbocycles. The Labute approximate surface area is 100 Å². The van der Waals surface area contributed by atoms with Crippen molar-refractivity contribution in [3.63, 3.8) is 0 Å². The molecule has 0 radical (unpaired) electrons. The van der Waals surface area contributed by atoms with E-state index in [4.69, 9.17) is 11.6 Å². The zero-order valence-electron chi connectivity index (χ0n) is 7.57. The van der Waals surface area contributed by atoms with Crippen molar-refractivity contribution in [2.24, 2.45) is 0 Å². The van der Waals surface area contributed by atoms with Crippen LogP contribution < -0.4 is 5.56 Å². The number of nitrogens with zero attached hydrogens (tertiary/aromatic N) is 2. The summed E-state index contributed by atoms with van der Waals surface area (Å²) < 4.78 is 1.96. The Balaban J connectivity index is 3.07. The van der Waals surface area contributed by atoms with Crippen LogP contribution in [0.25, 0.3) is 0 Å². The topological polar surface area (TPSA) is 55.1 Å². The molecule has 0 saturated heterocycles. The molecule has 78 valence electrons. The second kappa shape index (κ2) is 5.09. The SMILES string of the molecule is Cc1ncc(I)c(=O)n1CC(O)CCl. The minimum Gasteiger partial charge on any atom is -0.390 e. The van der Waals surface area contributed by atoms with Gasteiger partial charge in [-0.2, -0.15) is 0 Å². The second-order valence-corrected chi connectivity index (χ2v) is 4.35. The van der Waals surface area contributed by atoms with Crippen molar-refractivity contribution in [1.82, 2.24) is 9.55 Å². The Morgan fingerprint density at radius 1 is 1.79 bits per heavy atom. The van der Waals surface area contributed by atoms with Crippen LogP contribution in [0, 0.1) is 10.5 Å². The lowest BCUT2D eigenvalue weighted by Crippen LogP contribution is -2.31. The number of aryl methyl sites for hydroxylation is 1. The van der Waals surface area contributed by atoms with Gasteiger partial charge < -0.3 is 5.11 Å². The van der Waals surface area contributed by atoms with Gasteiger partial charge in [0.25, 0.3) is 5.56 Å². The van der Waals surface area contributed by atoms with E-state index in [1.807, 2.05) is 22.6 Å². The lowest BCUT2D eigenvalue weighted by Gasteiger charge is -2.12. The van der Waals surface area contributed by atoms with Crippen LogP contribution in [0.4, 0.5) is 0 Å². The fraction of sp³-hybridized carbons (Fsp3) is 0.500. The fourth-order valence-corrected chi connectivity index (χ4v) is 1.55. The van der Waals surface area contributed by atoms with E-state index in [0.29, 0.717) is 9.39 Å². The maximum atomic E-state index is 11.6. The number of aliphatic hydroxyl groups excluding tert-OH is 1. The molecule has 4 nitrogen and oxygen atoms in total. The van der Waals surface area contributed by atoms with E-state index in [0.717, 1.165) is 0 Å². The van der Waals surface area contributed by atoms with Gasteiger partial charge in [-0.3, -0.25) is 9.36 Å². The standard InChI is InChI=1S/C8H10ClIN2O2/c1-5-11-3-7(10)8(14)12(5)4-6(13)2-9/h3,6,13H,2,4H2,1H3. The van der Waals surface area contributed by atoms with Crippen molar-refractivity contribution in [3.05, 3.63) is 25.9 Å². The molecule has 0 saturated carbocycles. The monoisotopic (exact) mass is 328 g/mol. The Kier molecular flexibility index (Phi) is 4.33. The van der Waals surface area contributed by atoms with E-state index >= 15 is 0 Å². The number of aromatic nitrogens is 2. The van der Waals surface area contributed by atoms with E-state index in [2.05, 4.69) is 4.98 Å². The minimum absolute atomic E-state index is 0.108. The normalized spacial score (nSPS) is 12.9. The van der Waals surface area contributed by atoms with E-state index < -0.39 is 6.10 Å². The van der Waals surface area contributed by atoms with E-state index in [-0.39, 0.29) is 18.0 Å². The number of hydrogen-bond donors (Lipinski definition) is 1. The summed E-state index contributed by atoms with van der Waals surface area (Å²) in [4.78, 5) is 15.6. The first-order chi connectivity index (χ1) is 6.56. The molecule has 1 heterocycles. The Morgan fingerprint density at radius 2 is 2.43 bits per heavy atom. The first-order valence-corrected chi connectivity index (χ1v) is 5.63. The van der Waals surface area contributed by atoms with Crippen LogP contribution >= 0.6 is 34.2 Å². The molecule has 0 aliphatic carbocycles. The quantitative estimate of drug-likeness (QED) is 0.658. The molecule has 1 N–H and O–H groups in total. The summed E-state index contributed by atoms with van der Waals surface area (Å²) in [6, 6.07) is 0. The number of halogens is 2. The van der Waals surface area contributed by atoms with Crippen LogP contribution in [0.3, 0.4) is 0 Å². The average Bonchev–Trinajstić information content (AvgIpc) is 2.18. The van der Waals surface area contributed by atoms with Crippen molar-refractivity contribution < 1.29 is 5.11 Å². The summed E-state index contributed by atoms with van der Waals surface area (Å²) in [5.74, 6) is 0.691. The van der Waals surface area contributed by atoms with Crippen molar-refractivity contribution >= 4 is 34.2 Å². The van der Waals surface area contributed by atoms with Gasteiger partial charge in [0.15, 0.2) is 0 Å². The summed E-state index contributed by atoms with van der Waals surface area (Å²) in [5, 5.41) is 9.33. The van der Waals surface area contributed by atoms with Gasteiger partial charge in [-0.15, -0.1) is 11.6 Å². The smallest absolute Gasteiger partial charge is 0.267 e. The summed E-state index contributed by atoms with van der Waals surface area (Å²) >= 11 is 7.37. The van der Waals surface area contributed by atoms with Gasteiger partial charge in [-0.1, -0.05) is 0 Å². The highest BCUT2D eigenvalue weighted by atomic mass is 127. The summed E-state index contributed by atoms with van der Waals surface area (Å²) in [7, 11) is 0. The third kappa shape index (κ3) is 2.68. The predicted octanol–water partition coefficient (Wildman–Crippen LogP) is 0.756. The molecule has 0 fully saturated rings. The Bertz CT molecular complexity index is 380. The third-order valence-electron chi connectivity index (χ3n) is 1.78. The summed E-state index contributed by atoms with van der Waals surface area (Å²) in [5.41, 5.74) is -0.137. The number of hydrogen-bond acceptors (Lipinski definition) is 3. The molecule has 1 unspecified atom stereocenters. The lowest BCUT2D eigenvalue weighted by molar-refractivity contribution is 0.173. The molecule has 0 spiro atoms. The highest BCUT2D eigenvalue weighted by Crippen LogP contribution is 1.99.